The number of halogens is 1. The van der Waals surface area contributed by atoms with E-state index >= 15 is 0 Å². The molecule has 6 heteroatoms. The van der Waals surface area contributed by atoms with Gasteiger partial charge in [-0.25, -0.2) is 4.39 Å². The molecule has 2 rings (SSSR count). The molecule has 0 amide bonds. The van der Waals surface area contributed by atoms with Gasteiger partial charge in [0, 0.05) is 5.75 Å². The Bertz CT molecular complexity index is 545. The molecule has 0 aliphatic carbocycles. The Kier molecular flexibility index (Phi) is 5.55. The summed E-state index contributed by atoms with van der Waals surface area (Å²) in [6, 6.07) is 6.37. The van der Waals surface area contributed by atoms with E-state index in [1.807, 2.05) is 19.9 Å². The normalized spacial score (nSPS) is 11.2. The topological polar surface area (TPSA) is 48.2 Å². The van der Waals surface area contributed by atoms with Crippen LogP contribution in [0.1, 0.15) is 25.3 Å². The zero-order valence-electron chi connectivity index (χ0n) is 11.5. The average molecular weight is 296 g/mol. The van der Waals surface area contributed by atoms with Crippen molar-refractivity contribution in [3.05, 3.63) is 41.5 Å². The lowest BCUT2D eigenvalue weighted by atomic mass is 10.1. The summed E-state index contributed by atoms with van der Waals surface area (Å²) in [7, 11) is 0. The first-order chi connectivity index (χ1) is 9.63. The summed E-state index contributed by atoms with van der Waals surface area (Å²) in [4.78, 5) is 0. The summed E-state index contributed by atoms with van der Waals surface area (Å²) >= 11 is 1.46. The molecule has 0 bridgehead atoms. The highest BCUT2D eigenvalue weighted by Crippen LogP contribution is 2.18. The van der Waals surface area contributed by atoms with Crippen molar-refractivity contribution in [2.45, 2.75) is 31.6 Å². The minimum Gasteiger partial charge on any atom is -0.416 e. The Morgan fingerprint density at radius 3 is 2.95 bits per heavy atom. The van der Waals surface area contributed by atoms with Crippen LogP contribution >= 0.6 is 11.8 Å². The van der Waals surface area contributed by atoms with Gasteiger partial charge in [-0.1, -0.05) is 23.9 Å². The van der Waals surface area contributed by atoms with E-state index in [0.717, 1.165) is 11.3 Å². The van der Waals surface area contributed by atoms with Gasteiger partial charge in [-0.15, -0.1) is 10.2 Å². The van der Waals surface area contributed by atoms with Crippen molar-refractivity contribution in [2.75, 3.05) is 12.4 Å². The van der Waals surface area contributed by atoms with Crippen molar-refractivity contribution >= 4 is 11.8 Å². The number of nitrogens with zero attached hydrogens (tertiary/aromatic N) is 2. The quantitative estimate of drug-likeness (QED) is 0.579. The maximum Gasteiger partial charge on any atom is 0.276 e. The van der Waals surface area contributed by atoms with Crippen LogP contribution in [0.4, 0.5) is 4.39 Å². The van der Waals surface area contributed by atoms with Gasteiger partial charge in [-0.2, -0.15) is 0 Å². The van der Waals surface area contributed by atoms with Crippen LogP contribution in [0.25, 0.3) is 0 Å². The highest BCUT2D eigenvalue weighted by atomic mass is 32.2. The molecule has 108 valence electrons. The van der Waals surface area contributed by atoms with Crippen LogP contribution in [0, 0.1) is 5.82 Å². The Labute approximate surface area is 121 Å². The molecule has 0 aliphatic rings. The van der Waals surface area contributed by atoms with E-state index in [-0.39, 0.29) is 11.9 Å². The van der Waals surface area contributed by atoms with Gasteiger partial charge in [0.2, 0.25) is 5.89 Å². The molecule has 1 aromatic carbocycles. The first kappa shape index (κ1) is 15.0. The van der Waals surface area contributed by atoms with Crippen LogP contribution in [0.3, 0.4) is 0 Å². The predicted octanol–water partition coefficient (Wildman–Crippen LogP) is 3.32. The molecule has 2 aromatic rings. The SMILES string of the molecule is CC(C)OCCSc1nnc(Cc2cccc(F)c2)o1. The van der Waals surface area contributed by atoms with Crippen molar-refractivity contribution in [2.24, 2.45) is 0 Å². The first-order valence-electron chi connectivity index (χ1n) is 6.44. The van der Waals surface area contributed by atoms with Crippen LogP contribution in [0.15, 0.2) is 33.9 Å². The summed E-state index contributed by atoms with van der Waals surface area (Å²) in [6.45, 7) is 4.63. The van der Waals surface area contributed by atoms with Gasteiger partial charge < -0.3 is 9.15 Å². The van der Waals surface area contributed by atoms with Gasteiger partial charge in [0.25, 0.3) is 5.22 Å². The lowest BCUT2D eigenvalue weighted by Crippen LogP contribution is -2.05. The second-order valence-corrected chi connectivity index (χ2v) is 5.58. The van der Waals surface area contributed by atoms with Crippen molar-refractivity contribution in [1.82, 2.24) is 10.2 Å². The average Bonchev–Trinajstić information content (AvgIpc) is 2.82. The number of ether oxygens (including phenoxy) is 1. The second kappa shape index (κ2) is 7.40. The van der Waals surface area contributed by atoms with Gasteiger partial charge in [0.1, 0.15) is 5.82 Å². The van der Waals surface area contributed by atoms with E-state index in [1.165, 1.54) is 23.9 Å². The van der Waals surface area contributed by atoms with Gasteiger partial charge in [-0.05, 0) is 31.5 Å². The zero-order valence-corrected chi connectivity index (χ0v) is 12.3. The zero-order chi connectivity index (χ0) is 14.4. The van der Waals surface area contributed by atoms with E-state index in [4.69, 9.17) is 9.15 Å². The maximum atomic E-state index is 13.1. The molecule has 0 N–H and O–H groups in total. The molecule has 0 fully saturated rings. The van der Waals surface area contributed by atoms with Crippen LogP contribution in [-0.2, 0) is 11.2 Å². The van der Waals surface area contributed by atoms with Crippen LogP contribution in [0.2, 0.25) is 0 Å². The van der Waals surface area contributed by atoms with Crippen LogP contribution in [-0.4, -0.2) is 28.7 Å². The summed E-state index contributed by atoms with van der Waals surface area (Å²) in [5.74, 6) is 0.991. The Hall–Kier alpha value is -1.40. The number of aromatic nitrogens is 2. The number of hydrogen-bond acceptors (Lipinski definition) is 5. The molecular weight excluding hydrogens is 279 g/mol. The van der Waals surface area contributed by atoms with Gasteiger partial charge in [-0.3, -0.25) is 0 Å². The second-order valence-electron chi connectivity index (χ2n) is 4.54. The molecule has 0 spiro atoms. The third-order valence-electron chi connectivity index (χ3n) is 2.45. The summed E-state index contributed by atoms with van der Waals surface area (Å²) in [6.07, 6.45) is 0.662. The van der Waals surface area contributed by atoms with Gasteiger partial charge in [0.05, 0.1) is 19.1 Å². The molecule has 0 saturated heterocycles. The highest BCUT2D eigenvalue weighted by molar-refractivity contribution is 7.99. The maximum absolute atomic E-state index is 13.1. The number of thioether (sulfide) groups is 1. The Morgan fingerprint density at radius 2 is 2.20 bits per heavy atom. The summed E-state index contributed by atoms with van der Waals surface area (Å²) < 4.78 is 24.0. The van der Waals surface area contributed by atoms with Gasteiger partial charge >= 0.3 is 0 Å². The number of rotatable bonds is 7. The standard InChI is InChI=1S/C14H17FN2O2S/c1-10(2)18-6-7-20-14-17-16-13(19-14)9-11-4-3-5-12(15)8-11/h3-5,8,10H,6-7,9H2,1-2H3. The fraction of sp³-hybridized carbons (Fsp3) is 0.429. The van der Waals surface area contributed by atoms with E-state index in [1.54, 1.807) is 6.07 Å². The van der Waals surface area contributed by atoms with Gasteiger partial charge in [0.15, 0.2) is 0 Å². The summed E-state index contributed by atoms with van der Waals surface area (Å²) in [5.41, 5.74) is 0.813. The molecule has 0 aliphatic heterocycles. The van der Waals surface area contributed by atoms with Crippen molar-refractivity contribution in [1.29, 1.82) is 0 Å². The van der Waals surface area contributed by atoms with Crippen molar-refractivity contribution in [3.8, 4) is 0 Å². The lowest BCUT2D eigenvalue weighted by Gasteiger charge is -2.04. The Balaban J connectivity index is 1.83. The third-order valence-corrected chi connectivity index (χ3v) is 3.24. The molecule has 4 nitrogen and oxygen atoms in total. The van der Waals surface area contributed by atoms with E-state index in [0.29, 0.717) is 24.1 Å². The minimum absolute atomic E-state index is 0.224. The van der Waals surface area contributed by atoms with Crippen molar-refractivity contribution < 1.29 is 13.5 Å². The predicted molar refractivity (Wildman–Crippen MR) is 75.3 cm³/mol. The van der Waals surface area contributed by atoms with E-state index < -0.39 is 0 Å². The molecular formula is C14H17FN2O2S. The minimum atomic E-state index is -0.262. The fourth-order valence-electron chi connectivity index (χ4n) is 1.60. The monoisotopic (exact) mass is 296 g/mol. The summed E-state index contributed by atoms with van der Waals surface area (Å²) in [5, 5.41) is 8.42. The molecule has 1 aromatic heterocycles. The Morgan fingerprint density at radius 1 is 1.35 bits per heavy atom. The number of hydrogen-bond donors (Lipinski definition) is 0. The van der Waals surface area contributed by atoms with E-state index in [9.17, 15) is 4.39 Å². The smallest absolute Gasteiger partial charge is 0.276 e. The van der Waals surface area contributed by atoms with Crippen molar-refractivity contribution in [3.63, 3.8) is 0 Å². The van der Waals surface area contributed by atoms with E-state index in [2.05, 4.69) is 10.2 Å². The number of benzene rings is 1. The molecule has 0 saturated carbocycles. The molecule has 1 heterocycles. The third kappa shape index (κ3) is 4.94. The van der Waals surface area contributed by atoms with Crippen LogP contribution in [0.5, 0.6) is 0 Å². The first-order valence-corrected chi connectivity index (χ1v) is 7.43. The van der Waals surface area contributed by atoms with Crippen LogP contribution < -0.4 is 0 Å². The molecule has 0 atom stereocenters. The largest absolute Gasteiger partial charge is 0.416 e. The molecule has 0 radical (unpaired) electrons. The molecule has 0 unspecified atom stereocenters. The lowest BCUT2D eigenvalue weighted by molar-refractivity contribution is 0.0919. The molecule has 20 heavy (non-hydrogen) atoms. The highest BCUT2D eigenvalue weighted by Gasteiger charge is 2.08. The fourth-order valence-corrected chi connectivity index (χ4v) is 2.21.